The van der Waals surface area contributed by atoms with Gasteiger partial charge in [-0.05, 0) is 68.2 Å². The Labute approximate surface area is 131 Å². The lowest BCUT2D eigenvalue weighted by molar-refractivity contribution is 0.0231. The van der Waals surface area contributed by atoms with Gasteiger partial charge in [0, 0.05) is 18.6 Å². The molecule has 1 heterocycles. The van der Waals surface area contributed by atoms with E-state index in [0.717, 1.165) is 17.9 Å². The normalized spacial score (nSPS) is 32.9. The molecular weight excluding hydrogens is 256 g/mol. The maximum atomic E-state index is 6.32. The summed E-state index contributed by atoms with van der Waals surface area (Å²) < 4.78 is 0. The SMILES string of the molecule is CC(C)(C)C1CCN(C2(CN)CCC3(CCCC3)CC2)C1. The zero-order valence-electron chi connectivity index (χ0n) is 14.6. The molecule has 1 aliphatic heterocycles. The predicted molar refractivity (Wildman–Crippen MR) is 90.3 cm³/mol. The molecule has 1 saturated heterocycles. The third kappa shape index (κ3) is 2.91. The van der Waals surface area contributed by atoms with Gasteiger partial charge >= 0.3 is 0 Å². The molecule has 2 N–H and O–H groups in total. The Hall–Kier alpha value is -0.0800. The van der Waals surface area contributed by atoms with Crippen LogP contribution in [0.1, 0.15) is 78.6 Å². The third-order valence-electron chi connectivity index (χ3n) is 7.37. The van der Waals surface area contributed by atoms with E-state index in [1.807, 2.05) is 0 Å². The van der Waals surface area contributed by atoms with Crippen molar-refractivity contribution in [1.82, 2.24) is 4.90 Å². The van der Waals surface area contributed by atoms with E-state index < -0.39 is 0 Å². The molecule has 21 heavy (non-hydrogen) atoms. The minimum Gasteiger partial charge on any atom is -0.329 e. The summed E-state index contributed by atoms with van der Waals surface area (Å²) in [7, 11) is 0. The monoisotopic (exact) mass is 292 g/mol. The van der Waals surface area contributed by atoms with Crippen molar-refractivity contribution in [2.45, 2.75) is 84.1 Å². The van der Waals surface area contributed by atoms with Crippen molar-refractivity contribution >= 4 is 0 Å². The van der Waals surface area contributed by atoms with Gasteiger partial charge in [-0.3, -0.25) is 4.90 Å². The van der Waals surface area contributed by atoms with Crippen LogP contribution in [-0.4, -0.2) is 30.1 Å². The molecule has 3 fully saturated rings. The van der Waals surface area contributed by atoms with Crippen molar-refractivity contribution in [2.24, 2.45) is 22.5 Å². The summed E-state index contributed by atoms with van der Waals surface area (Å²) >= 11 is 0. The minimum absolute atomic E-state index is 0.341. The van der Waals surface area contributed by atoms with E-state index >= 15 is 0 Å². The highest BCUT2D eigenvalue weighted by Crippen LogP contribution is 2.53. The molecule has 0 radical (unpaired) electrons. The van der Waals surface area contributed by atoms with E-state index in [2.05, 4.69) is 25.7 Å². The summed E-state index contributed by atoms with van der Waals surface area (Å²) in [5, 5.41) is 0. The van der Waals surface area contributed by atoms with Crippen LogP contribution in [0.2, 0.25) is 0 Å². The standard InChI is InChI=1S/C19H36N2/c1-17(2,3)16-6-13-21(14-16)19(15-20)11-9-18(10-12-19)7-4-5-8-18/h16H,4-15,20H2,1-3H3. The molecule has 0 aromatic rings. The number of hydrogen-bond donors (Lipinski definition) is 1. The van der Waals surface area contributed by atoms with Gasteiger partial charge in [-0.25, -0.2) is 0 Å². The van der Waals surface area contributed by atoms with Gasteiger partial charge in [-0.2, -0.15) is 0 Å². The molecule has 2 aliphatic carbocycles. The Morgan fingerprint density at radius 1 is 1.00 bits per heavy atom. The summed E-state index contributed by atoms with van der Waals surface area (Å²) in [5.41, 5.74) is 7.83. The largest absolute Gasteiger partial charge is 0.329 e. The Morgan fingerprint density at radius 2 is 1.62 bits per heavy atom. The topological polar surface area (TPSA) is 29.3 Å². The van der Waals surface area contributed by atoms with Gasteiger partial charge in [0.15, 0.2) is 0 Å². The minimum atomic E-state index is 0.341. The van der Waals surface area contributed by atoms with Gasteiger partial charge in [0.1, 0.15) is 0 Å². The summed E-state index contributed by atoms with van der Waals surface area (Å²) in [6.45, 7) is 10.7. The van der Waals surface area contributed by atoms with Crippen LogP contribution in [0.3, 0.4) is 0 Å². The number of nitrogens with two attached hydrogens (primary N) is 1. The quantitative estimate of drug-likeness (QED) is 0.827. The van der Waals surface area contributed by atoms with Crippen molar-refractivity contribution in [2.75, 3.05) is 19.6 Å². The van der Waals surface area contributed by atoms with Crippen LogP contribution in [0.15, 0.2) is 0 Å². The first kappa shape index (κ1) is 15.8. The first-order chi connectivity index (χ1) is 9.89. The fourth-order valence-corrected chi connectivity index (χ4v) is 5.42. The second kappa shape index (κ2) is 5.53. The van der Waals surface area contributed by atoms with E-state index in [9.17, 15) is 0 Å². The van der Waals surface area contributed by atoms with Crippen molar-refractivity contribution in [3.05, 3.63) is 0 Å². The zero-order chi connectivity index (χ0) is 15.1. The molecule has 0 bridgehead atoms. The zero-order valence-corrected chi connectivity index (χ0v) is 14.6. The molecule has 0 aromatic carbocycles. The lowest BCUT2D eigenvalue weighted by Crippen LogP contribution is -2.56. The maximum Gasteiger partial charge on any atom is 0.0332 e. The van der Waals surface area contributed by atoms with Crippen LogP contribution in [0.4, 0.5) is 0 Å². The lowest BCUT2D eigenvalue weighted by Gasteiger charge is -2.50. The molecular formula is C19H36N2. The maximum absolute atomic E-state index is 6.32. The van der Waals surface area contributed by atoms with Gasteiger partial charge < -0.3 is 5.73 Å². The second-order valence-corrected chi connectivity index (χ2v) is 9.43. The van der Waals surface area contributed by atoms with Crippen LogP contribution >= 0.6 is 0 Å². The Bertz CT molecular complexity index is 352. The summed E-state index contributed by atoms with van der Waals surface area (Å²) in [6, 6.07) is 0. The molecule has 122 valence electrons. The molecule has 2 heteroatoms. The second-order valence-electron chi connectivity index (χ2n) is 9.43. The van der Waals surface area contributed by atoms with Crippen LogP contribution < -0.4 is 5.73 Å². The van der Waals surface area contributed by atoms with Crippen LogP contribution in [0.25, 0.3) is 0 Å². The fourth-order valence-electron chi connectivity index (χ4n) is 5.42. The molecule has 1 spiro atoms. The highest BCUT2D eigenvalue weighted by molar-refractivity contribution is 5.03. The van der Waals surface area contributed by atoms with Crippen molar-refractivity contribution in [3.8, 4) is 0 Å². The summed E-state index contributed by atoms with van der Waals surface area (Å²) in [5.74, 6) is 0.850. The van der Waals surface area contributed by atoms with Gasteiger partial charge in [-0.1, -0.05) is 33.6 Å². The van der Waals surface area contributed by atoms with Crippen molar-refractivity contribution < 1.29 is 0 Å². The van der Waals surface area contributed by atoms with Crippen molar-refractivity contribution in [1.29, 1.82) is 0 Å². The number of rotatable bonds is 2. The van der Waals surface area contributed by atoms with Gasteiger partial charge in [-0.15, -0.1) is 0 Å². The van der Waals surface area contributed by atoms with Crippen LogP contribution in [0, 0.1) is 16.7 Å². The smallest absolute Gasteiger partial charge is 0.0332 e. The fraction of sp³-hybridized carbons (Fsp3) is 1.00. The first-order valence-corrected chi connectivity index (χ1v) is 9.34. The molecule has 0 amide bonds. The van der Waals surface area contributed by atoms with E-state index in [4.69, 9.17) is 5.73 Å². The highest BCUT2D eigenvalue weighted by Gasteiger charge is 2.48. The Kier molecular flexibility index (Phi) is 4.16. The number of likely N-dealkylation sites (tertiary alicyclic amines) is 1. The molecule has 1 unspecified atom stereocenters. The van der Waals surface area contributed by atoms with E-state index in [0.29, 0.717) is 11.0 Å². The van der Waals surface area contributed by atoms with Gasteiger partial charge in [0.2, 0.25) is 0 Å². The molecule has 3 aliphatic rings. The first-order valence-electron chi connectivity index (χ1n) is 9.34. The van der Waals surface area contributed by atoms with Gasteiger partial charge in [0.05, 0.1) is 0 Å². The Balaban J connectivity index is 1.66. The lowest BCUT2D eigenvalue weighted by atomic mass is 9.66. The molecule has 2 nitrogen and oxygen atoms in total. The van der Waals surface area contributed by atoms with Crippen molar-refractivity contribution in [3.63, 3.8) is 0 Å². The van der Waals surface area contributed by atoms with E-state index in [-0.39, 0.29) is 0 Å². The highest BCUT2D eigenvalue weighted by atomic mass is 15.2. The van der Waals surface area contributed by atoms with Crippen LogP contribution in [-0.2, 0) is 0 Å². The van der Waals surface area contributed by atoms with Gasteiger partial charge in [0.25, 0.3) is 0 Å². The Morgan fingerprint density at radius 3 is 2.10 bits per heavy atom. The van der Waals surface area contributed by atoms with E-state index in [1.54, 1.807) is 0 Å². The number of nitrogens with zero attached hydrogens (tertiary/aromatic N) is 1. The van der Waals surface area contributed by atoms with E-state index in [1.165, 1.54) is 70.9 Å². The average Bonchev–Trinajstić information content (AvgIpc) is 3.10. The molecule has 0 aromatic heterocycles. The average molecular weight is 293 g/mol. The predicted octanol–water partition coefficient (Wildman–Crippen LogP) is 4.19. The summed E-state index contributed by atoms with van der Waals surface area (Å²) in [6.07, 6.45) is 12.9. The number of hydrogen-bond acceptors (Lipinski definition) is 2. The third-order valence-corrected chi connectivity index (χ3v) is 7.37. The van der Waals surface area contributed by atoms with Crippen LogP contribution in [0.5, 0.6) is 0 Å². The summed E-state index contributed by atoms with van der Waals surface area (Å²) in [4.78, 5) is 2.80. The molecule has 1 atom stereocenters. The molecule has 3 rings (SSSR count). The molecule has 2 saturated carbocycles.